The average molecular weight is 241 g/mol. The van der Waals surface area contributed by atoms with E-state index in [-0.39, 0.29) is 11.1 Å². The maximum atomic E-state index is 12.8. The van der Waals surface area contributed by atoms with Gasteiger partial charge in [0.1, 0.15) is 11.9 Å². The van der Waals surface area contributed by atoms with E-state index >= 15 is 0 Å². The standard InChI is InChI=1S/C11H12FNO4/c12-7-1-2-8(6(3-7)5-14)11(17)9(15)4-10(13)16/h1-3,5,9,11,15,17H,4H2,(H2,13,16). The van der Waals surface area contributed by atoms with E-state index in [1.807, 2.05) is 0 Å². The van der Waals surface area contributed by atoms with Crippen molar-refractivity contribution in [2.24, 2.45) is 5.73 Å². The van der Waals surface area contributed by atoms with Crippen LogP contribution in [0.4, 0.5) is 4.39 Å². The Labute approximate surface area is 96.7 Å². The summed E-state index contributed by atoms with van der Waals surface area (Å²) in [6.45, 7) is 0. The lowest BCUT2D eigenvalue weighted by Crippen LogP contribution is -2.26. The van der Waals surface area contributed by atoms with Crippen molar-refractivity contribution in [1.29, 1.82) is 0 Å². The molecule has 2 atom stereocenters. The van der Waals surface area contributed by atoms with Gasteiger partial charge in [0.2, 0.25) is 5.91 Å². The number of primary amides is 1. The Hall–Kier alpha value is -1.79. The van der Waals surface area contributed by atoms with Gasteiger partial charge in [-0.15, -0.1) is 0 Å². The number of carbonyl (C=O) groups excluding carboxylic acids is 2. The fraction of sp³-hybridized carbons (Fsp3) is 0.273. The molecule has 5 nitrogen and oxygen atoms in total. The second-order valence-corrected chi connectivity index (χ2v) is 3.57. The summed E-state index contributed by atoms with van der Waals surface area (Å²) in [5.41, 5.74) is 4.83. The number of aldehydes is 1. The lowest BCUT2D eigenvalue weighted by atomic mass is 9.97. The number of aliphatic hydroxyl groups excluding tert-OH is 2. The van der Waals surface area contributed by atoms with Crippen molar-refractivity contribution >= 4 is 12.2 Å². The summed E-state index contributed by atoms with van der Waals surface area (Å²) in [6.07, 6.45) is -2.99. The molecule has 1 aromatic rings. The van der Waals surface area contributed by atoms with Crippen LogP contribution >= 0.6 is 0 Å². The molecule has 0 aliphatic rings. The molecule has 17 heavy (non-hydrogen) atoms. The van der Waals surface area contributed by atoms with Gasteiger partial charge in [-0.2, -0.15) is 0 Å². The summed E-state index contributed by atoms with van der Waals surface area (Å²) in [4.78, 5) is 21.3. The molecule has 1 rings (SSSR count). The molecule has 0 radical (unpaired) electrons. The number of nitrogens with two attached hydrogens (primary N) is 1. The Kier molecular flexibility index (Phi) is 4.30. The van der Waals surface area contributed by atoms with Crippen molar-refractivity contribution in [2.45, 2.75) is 18.6 Å². The molecule has 1 amide bonds. The SMILES string of the molecule is NC(=O)CC(O)C(O)c1ccc(F)cc1C=O. The second-order valence-electron chi connectivity index (χ2n) is 3.57. The Balaban J connectivity index is 2.98. The van der Waals surface area contributed by atoms with Gasteiger partial charge in [-0.05, 0) is 17.7 Å². The third-order valence-corrected chi connectivity index (χ3v) is 2.27. The van der Waals surface area contributed by atoms with Crippen LogP contribution in [0.5, 0.6) is 0 Å². The Morgan fingerprint density at radius 3 is 2.65 bits per heavy atom. The second kappa shape index (κ2) is 5.51. The van der Waals surface area contributed by atoms with Crippen molar-refractivity contribution in [1.82, 2.24) is 0 Å². The van der Waals surface area contributed by atoms with Gasteiger partial charge in [-0.3, -0.25) is 9.59 Å². The molecule has 0 aliphatic carbocycles. The number of hydrogen-bond acceptors (Lipinski definition) is 4. The van der Waals surface area contributed by atoms with Crippen LogP contribution in [0.1, 0.15) is 28.4 Å². The monoisotopic (exact) mass is 241 g/mol. The van der Waals surface area contributed by atoms with E-state index in [2.05, 4.69) is 0 Å². The van der Waals surface area contributed by atoms with E-state index in [0.29, 0.717) is 6.29 Å². The quantitative estimate of drug-likeness (QED) is 0.627. The molecule has 92 valence electrons. The summed E-state index contributed by atoms with van der Waals surface area (Å²) < 4.78 is 12.8. The zero-order chi connectivity index (χ0) is 13.0. The zero-order valence-corrected chi connectivity index (χ0v) is 8.84. The predicted octanol–water partition coefficient (Wildman–Crippen LogP) is -0.0921. The Morgan fingerprint density at radius 1 is 1.47 bits per heavy atom. The normalized spacial score (nSPS) is 14.1. The minimum absolute atomic E-state index is 0.0511. The van der Waals surface area contributed by atoms with Crippen LogP contribution in [0.15, 0.2) is 18.2 Å². The minimum atomic E-state index is -1.47. The summed E-state index contributed by atoms with van der Waals surface area (Å²) in [6, 6.07) is 3.15. The maximum Gasteiger partial charge on any atom is 0.220 e. The van der Waals surface area contributed by atoms with Crippen molar-refractivity contribution in [3.8, 4) is 0 Å². The number of halogens is 1. The molecule has 0 saturated carbocycles. The summed E-state index contributed by atoms with van der Waals surface area (Å²) in [5.74, 6) is -1.42. The molecule has 0 heterocycles. The van der Waals surface area contributed by atoms with E-state index in [1.54, 1.807) is 0 Å². The largest absolute Gasteiger partial charge is 0.390 e. The van der Waals surface area contributed by atoms with Crippen molar-refractivity contribution in [2.75, 3.05) is 0 Å². The van der Waals surface area contributed by atoms with Crippen molar-refractivity contribution in [3.63, 3.8) is 0 Å². The molecule has 0 aromatic heterocycles. The molecule has 0 aliphatic heterocycles. The molecule has 1 aromatic carbocycles. The fourth-order valence-corrected chi connectivity index (χ4v) is 1.44. The van der Waals surface area contributed by atoms with Gasteiger partial charge in [0.25, 0.3) is 0 Å². The molecular formula is C11H12FNO4. The molecule has 0 fully saturated rings. The molecule has 6 heteroatoms. The van der Waals surface area contributed by atoms with E-state index < -0.39 is 30.4 Å². The first-order valence-corrected chi connectivity index (χ1v) is 4.84. The van der Waals surface area contributed by atoms with Crippen LogP contribution in [-0.2, 0) is 4.79 Å². The van der Waals surface area contributed by atoms with Crippen LogP contribution in [0.25, 0.3) is 0 Å². The van der Waals surface area contributed by atoms with Gasteiger partial charge in [-0.25, -0.2) is 4.39 Å². The van der Waals surface area contributed by atoms with Crippen molar-refractivity contribution in [3.05, 3.63) is 35.1 Å². The van der Waals surface area contributed by atoms with Gasteiger partial charge in [0, 0.05) is 5.56 Å². The third-order valence-electron chi connectivity index (χ3n) is 2.27. The first-order chi connectivity index (χ1) is 7.95. The van der Waals surface area contributed by atoms with Gasteiger partial charge >= 0.3 is 0 Å². The van der Waals surface area contributed by atoms with Crippen LogP contribution < -0.4 is 5.73 Å². The first kappa shape index (κ1) is 13.3. The summed E-state index contributed by atoms with van der Waals surface area (Å²) in [5, 5.41) is 19.2. The minimum Gasteiger partial charge on any atom is -0.390 e. The number of benzene rings is 1. The van der Waals surface area contributed by atoms with E-state index in [4.69, 9.17) is 5.73 Å². The smallest absolute Gasteiger partial charge is 0.220 e. The lowest BCUT2D eigenvalue weighted by molar-refractivity contribution is -0.121. The highest BCUT2D eigenvalue weighted by molar-refractivity contribution is 5.78. The zero-order valence-electron chi connectivity index (χ0n) is 8.84. The molecule has 4 N–H and O–H groups in total. The topological polar surface area (TPSA) is 101 Å². The van der Waals surface area contributed by atoms with Gasteiger partial charge in [-0.1, -0.05) is 6.07 Å². The molecule has 0 bridgehead atoms. The molecule has 2 unspecified atom stereocenters. The number of rotatable bonds is 5. The predicted molar refractivity (Wildman–Crippen MR) is 56.6 cm³/mol. The Bertz CT molecular complexity index is 435. The fourth-order valence-electron chi connectivity index (χ4n) is 1.44. The Morgan fingerprint density at radius 2 is 2.12 bits per heavy atom. The highest BCUT2D eigenvalue weighted by atomic mass is 19.1. The lowest BCUT2D eigenvalue weighted by Gasteiger charge is -2.18. The highest BCUT2D eigenvalue weighted by Crippen LogP contribution is 2.22. The van der Waals surface area contributed by atoms with Crippen LogP contribution in [0, 0.1) is 5.82 Å². The van der Waals surface area contributed by atoms with Crippen LogP contribution in [-0.4, -0.2) is 28.5 Å². The van der Waals surface area contributed by atoms with Gasteiger partial charge < -0.3 is 15.9 Å². The van der Waals surface area contributed by atoms with Crippen LogP contribution in [0.2, 0.25) is 0 Å². The van der Waals surface area contributed by atoms with E-state index in [1.165, 1.54) is 6.07 Å². The maximum absolute atomic E-state index is 12.8. The average Bonchev–Trinajstić information content (AvgIpc) is 2.27. The van der Waals surface area contributed by atoms with E-state index in [0.717, 1.165) is 12.1 Å². The van der Waals surface area contributed by atoms with Gasteiger partial charge in [0.15, 0.2) is 6.29 Å². The number of amides is 1. The highest BCUT2D eigenvalue weighted by Gasteiger charge is 2.22. The first-order valence-electron chi connectivity index (χ1n) is 4.84. The summed E-state index contributed by atoms with van der Waals surface area (Å²) in [7, 11) is 0. The number of aliphatic hydroxyl groups is 2. The van der Waals surface area contributed by atoms with Gasteiger partial charge in [0.05, 0.1) is 12.5 Å². The number of hydrogen-bond donors (Lipinski definition) is 3. The molecular weight excluding hydrogens is 229 g/mol. The third kappa shape index (κ3) is 3.33. The molecule has 0 saturated heterocycles. The van der Waals surface area contributed by atoms with Crippen LogP contribution in [0.3, 0.4) is 0 Å². The van der Waals surface area contributed by atoms with Crippen molar-refractivity contribution < 1.29 is 24.2 Å². The summed E-state index contributed by atoms with van der Waals surface area (Å²) >= 11 is 0. The van der Waals surface area contributed by atoms with E-state index in [9.17, 15) is 24.2 Å². The number of carbonyl (C=O) groups is 2. The molecule has 0 spiro atoms.